The highest BCUT2D eigenvalue weighted by Crippen LogP contribution is 2.26. The van der Waals surface area contributed by atoms with E-state index in [-0.39, 0.29) is 11.3 Å². The van der Waals surface area contributed by atoms with Gasteiger partial charge in [-0.05, 0) is 24.6 Å². The molecule has 14 heavy (non-hydrogen) atoms. The first-order valence-electron chi connectivity index (χ1n) is 4.13. The number of aromatic amines is 1. The van der Waals surface area contributed by atoms with Crippen molar-refractivity contribution < 1.29 is 15.0 Å². The van der Waals surface area contributed by atoms with Gasteiger partial charge in [0, 0.05) is 17.1 Å². The van der Waals surface area contributed by atoms with Crippen LogP contribution in [-0.2, 0) is 0 Å². The molecule has 0 aliphatic heterocycles. The Hall–Kier alpha value is -1.97. The predicted molar refractivity (Wildman–Crippen MR) is 51.7 cm³/mol. The summed E-state index contributed by atoms with van der Waals surface area (Å²) in [6.45, 7) is 1.76. The second-order valence-corrected chi connectivity index (χ2v) is 3.19. The molecular formula is C10H9NO3. The van der Waals surface area contributed by atoms with Crippen LogP contribution in [0.1, 0.15) is 15.9 Å². The van der Waals surface area contributed by atoms with Crippen molar-refractivity contribution in [2.75, 3.05) is 0 Å². The Kier molecular flexibility index (Phi) is 1.70. The van der Waals surface area contributed by atoms with Gasteiger partial charge in [-0.25, -0.2) is 4.79 Å². The van der Waals surface area contributed by atoms with Crippen molar-refractivity contribution in [2.24, 2.45) is 0 Å². The maximum absolute atomic E-state index is 10.8. The first kappa shape index (κ1) is 8.62. The number of nitrogens with one attached hydrogen (secondary N) is 1. The lowest BCUT2D eigenvalue weighted by Crippen LogP contribution is -1.93. The number of hydrogen-bond donors (Lipinski definition) is 3. The third-order valence-corrected chi connectivity index (χ3v) is 2.23. The molecule has 0 radical (unpaired) electrons. The second kappa shape index (κ2) is 2.77. The minimum atomic E-state index is -1.00. The molecule has 4 nitrogen and oxygen atoms in total. The van der Waals surface area contributed by atoms with Crippen LogP contribution in [0.15, 0.2) is 18.3 Å². The van der Waals surface area contributed by atoms with Gasteiger partial charge >= 0.3 is 5.97 Å². The van der Waals surface area contributed by atoms with E-state index in [1.165, 1.54) is 12.3 Å². The Labute approximate surface area is 79.8 Å². The molecular weight excluding hydrogens is 182 g/mol. The van der Waals surface area contributed by atoms with Crippen LogP contribution < -0.4 is 0 Å². The molecule has 2 rings (SSSR count). The summed E-state index contributed by atoms with van der Waals surface area (Å²) in [7, 11) is 0. The number of carboxylic acid groups (broad SMARTS) is 1. The standard InChI is InChI=1S/C10H9NO3/c1-5-2-8-6(3-9(5)12)7(4-11-8)10(13)14/h2-4,11-12H,1H3,(H,13,14). The van der Waals surface area contributed by atoms with Crippen LogP contribution in [0.2, 0.25) is 0 Å². The molecule has 0 saturated heterocycles. The Bertz CT molecular complexity index is 513. The average Bonchev–Trinajstić information content (AvgIpc) is 2.48. The molecule has 0 atom stereocenters. The lowest BCUT2D eigenvalue weighted by atomic mass is 10.1. The summed E-state index contributed by atoms with van der Waals surface area (Å²) in [6, 6.07) is 3.18. The van der Waals surface area contributed by atoms with E-state index >= 15 is 0 Å². The summed E-state index contributed by atoms with van der Waals surface area (Å²) in [4.78, 5) is 13.6. The molecule has 2 aromatic rings. The number of phenolic OH excluding ortho intramolecular Hbond substituents is 1. The van der Waals surface area contributed by atoms with Crippen molar-refractivity contribution >= 4 is 16.9 Å². The summed E-state index contributed by atoms with van der Waals surface area (Å²) in [6.07, 6.45) is 1.42. The van der Waals surface area contributed by atoms with Crippen LogP contribution in [0, 0.1) is 6.92 Å². The molecule has 0 fully saturated rings. The summed E-state index contributed by atoms with van der Waals surface area (Å²) < 4.78 is 0. The van der Waals surface area contributed by atoms with E-state index in [0.29, 0.717) is 5.39 Å². The predicted octanol–water partition coefficient (Wildman–Crippen LogP) is 1.88. The number of H-pyrrole nitrogens is 1. The van der Waals surface area contributed by atoms with Crippen LogP contribution in [0.3, 0.4) is 0 Å². The molecule has 0 saturated carbocycles. The van der Waals surface area contributed by atoms with E-state index in [0.717, 1.165) is 11.1 Å². The summed E-state index contributed by atoms with van der Waals surface area (Å²) in [5.41, 5.74) is 1.62. The number of carboxylic acids is 1. The Morgan fingerprint density at radius 1 is 1.43 bits per heavy atom. The third kappa shape index (κ3) is 1.12. The largest absolute Gasteiger partial charge is 0.508 e. The van der Waals surface area contributed by atoms with Gasteiger partial charge in [-0.1, -0.05) is 0 Å². The molecule has 0 aliphatic carbocycles. The van der Waals surface area contributed by atoms with Crippen molar-refractivity contribution in [1.82, 2.24) is 4.98 Å². The number of aromatic carboxylic acids is 1. The second-order valence-electron chi connectivity index (χ2n) is 3.19. The zero-order valence-corrected chi connectivity index (χ0v) is 7.53. The molecule has 0 aliphatic rings. The van der Waals surface area contributed by atoms with Gasteiger partial charge < -0.3 is 15.2 Å². The lowest BCUT2D eigenvalue weighted by Gasteiger charge is -1.98. The molecule has 72 valence electrons. The summed E-state index contributed by atoms with van der Waals surface area (Å²) in [5, 5.41) is 18.8. The number of benzene rings is 1. The SMILES string of the molecule is Cc1cc2[nH]cc(C(=O)O)c2cc1O. The smallest absolute Gasteiger partial charge is 0.337 e. The summed E-state index contributed by atoms with van der Waals surface area (Å²) in [5.74, 6) is -0.890. The average molecular weight is 191 g/mol. The van der Waals surface area contributed by atoms with E-state index in [9.17, 15) is 9.90 Å². The third-order valence-electron chi connectivity index (χ3n) is 2.23. The molecule has 3 N–H and O–H groups in total. The molecule has 4 heteroatoms. The Morgan fingerprint density at radius 2 is 2.14 bits per heavy atom. The normalized spacial score (nSPS) is 10.6. The number of hydrogen-bond acceptors (Lipinski definition) is 2. The van der Waals surface area contributed by atoms with Crippen molar-refractivity contribution in [3.05, 3.63) is 29.5 Å². The topological polar surface area (TPSA) is 73.3 Å². The fourth-order valence-electron chi connectivity index (χ4n) is 1.44. The van der Waals surface area contributed by atoms with E-state index in [2.05, 4.69) is 4.98 Å². The van der Waals surface area contributed by atoms with Crippen LogP contribution in [0.4, 0.5) is 0 Å². The quantitative estimate of drug-likeness (QED) is 0.644. The minimum Gasteiger partial charge on any atom is -0.508 e. The Balaban J connectivity index is 2.80. The van der Waals surface area contributed by atoms with E-state index in [1.54, 1.807) is 13.0 Å². The van der Waals surface area contributed by atoms with Crippen molar-refractivity contribution in [3.8, 4) is 5.75 Å². The number of rotatable bonds is 1. The Morgan fingerprint density at radius 3 is 2.79 bits per heavy atom. The molecule has 1 aromatic carbocycles. The molecule has 0 spiro atoms. The van der Waals surface area contributed by atoms with Crippen LogP contribution in [-0.4, -0.2) is 21.2 Å². The van der Waals surface area contributed by atoms with Gasteiger partial charge in [0.2, 0.25) is 0 Å². The monoisotopic (exact) mass is 191 g/mol. The van der Waals surface area contributed by atoms with Crippen molar-refractivity contribution in [1.29, 1.82) is 0 Å². The highest BCUT2D eigenvalue weighted by Gasteiger charge is 2.11. The van der Waals surface area contributed by atoms with Crippen molar-refractivity contribution in [2.45, 2.75) is 6.92 Å². The van der Waals surface area contributed by atoms with Gasteiger partial charge in [-0.3, -0.25) is 0 Å². The number of phenols is 1. The number of carbonyl (C=O) groups is 1. The first-order chi connectivity index (χ1) is 6.59. The fraction of sp³-hybridized carbons (Fsp3) is 0.100. The van der Waals surface area contributed by atoms with Crippen LogP contribution in [0.5, 0.6) is 5.75 Å². The van der Waals surface area contributed by atoms with Crippen molar-refractivity contribution in [3.63, 3.8) is 0 Å². The van der Waals surface area contributed by atoms with E-state index in [1.807, 2.05) is 0 Å². The van der Waals surface area contributed by atoms with Gasteiger partial charge in [0.1, 0.15) is 5.75 Å². The van der Waals surface area contributed by atoms with Gasteiger partial charge in [-0.2, -0.15) is 0 Å². The fourth-order valence-corrected chi connectivity index (χ4v) is 1.44. The highest BCUT2D eigenvalue weighted by atomic mass is 16.4. The van der Waals surface area contributed by atoms with Crippen LogP contribution >= 0.6 is 0 Å². The van der Waals surface area contributed by atoms with Crippen LogP contribution in [0.25, 0.3) is 10.9 Å². The molecule has 0 bridgehead atoms. The lowest BCUT2D eigenvalue weighted by molar-refractivity contribution is 0.0699. The highest BCUT2D eigenvalue weighted by molar-refractivity contribution is 6.03. The maximum Gasteiger partial charge on any atom is 0.337 e. The number of aryl methyl sites for hydroxylation is 1. The molecule has 0 amide bonds. The zero-order chi connectivity index (χ0) is 10.3. The van der Waals surface area contributed by atoms with Gasteiger partial charge in [0.05, 0.1) is 5.56 Å². The number of aromatic hydroxyl groups is 1. The maximum atomic E-state index is 10.8. The van der Waals surface area contributed by atoms with E-state index < -0.39 is 5.97 Å². The number of fused-ring (bicyclic) bond motifs is 1. The van der Waals surface area contributed by atoms with E-state index in [4.69, 9.17) is 5.11 Å². The number of aromatic nitrogens is 1. The minimum absolute atomic E-state index is 0.111. The zero-order valence-electron chi connectivity index (χ0n) is 7.53. The molecule has 0 unspecified atom stereocenters. The molecule has 1 aromatic heterocycles. The van der Waals surface area contributed by atoms with Gasteiger partial charge in [0.25, 0.3) is 0 Å². The van der Waals surface area contributed by atoms with Gasteiger partial charge in [0.15, 0.2) is 0 Å². The van der Waals surface area contributed by atoms with Gasteiger partial charge in [-0.15, -0.1) is 0 Å². The molecule has 1 heterocycles. The first-order valence-corrected chi connectivity index (χ1v) is 4.13. The summed E-state index contributed by atoms with van der Waals surface area (Å²) >= 11 is 0.